The SMILES string of the molecule is CCCCOC(=O)C(=CC(Cl)(Cl)Cl)CCl. The minimum atomic E-state index is -1.63. The number of unbranched alkanes of at least 4 members (excludes halogenated alkanes) is 1. The van der Waals surface area contributed by atoms with E-state index in [4.69, 9.17) is 51.1 Å². The molecule has 0 bridgehead atoms. The number of rotatable bonds is 5. The van der Waals surface area contributed by atoms with Gasteiger partial charge in [-0.25, -0.2) is 4.79 Å². The van der Waals surface area contributed by atoms with E-state index in [1.807, 2.05) is 6.92 Å². The lowest BCUT2D eigenvalue weighted by Gasteiger charge is -2.09. The smallest absolute Gasteiger partial charge is 0.335 e. The van der Waals surface area contributed by atoms with Crippen LogP contribution < -0.4 is 0 Å². The Bertz CT molecular complexity index is 233. The summed E-state index contributed by atoms with van der Waals surface area (Å²) in [6, 6.07) is 0. The molecule has 0 spiro atoms. The van der Waals surface area contributed by atoms with Gasteiger partial charge in [0.2, 0.25) is 3.79 Å². The predicted octanol–water partition coefficient (Wildman–Crippen LogP) is 3.87. The average molecular weight is 294 g/mol. The van der Waals surface area contributed by atoms with Crippen molar-refractivity contribution in [2.45, 2.75) is 23.6 Å². The van der Waals surface area contributed by atoms with Gasteiger partial charge in [-0.2, -0.15) is 0 Å². The number of esters is 1. The van der Waals surface area contributed by atoms with Gasteiger partial charge in [-0.1, -0.05) is 48.1 Å². The maximum Gasteiger partial charge on any atom is 0.335 e. The van der Waals surface area contributed by atoms with Gasteiger partial charge < -0.3 is 4.74 Å². The van der Waals surface area contributed by atoms with Crippen molar-refractivity contribution in [2.75, 3.05) is 12.5 Å². The summed E-state index contributed by atoms with van der Waals surface area (Å²) < 4.78 is 3.28. The number of hydrogen-bond donors (Lipinski definition) is 0. The lowest BCUT2D eigenvalue weighted by Crippen LogP contribution is -2.13. The Morgan fingerprint density at radius 1 is 1.40 bits per heavy atom. The van der Waals surface area contributed by atoms with Gasteiger partial charge in [0.1, 0.15) is 0 Å². The molecule has 0 rings (SSSR count). The van der Waals surface area contributed by atoms with Crippen LogP contribution in [0.15, 0.2) is 11.6 Å². The normalized spacial score (nSPS) is 12.7. The topological polar surface area (TPSA) is 26.3 Å². The van der Waals surface area contributed by atoms with Crippen molar-refractivity contribution in [1.29, 1.82) is 0 Å². The largest absolute Gasteiger partial charge is 0.462 e. The van der Waals surface area contributed by atoms with Crippen molar-refractivity contribution in [3.8, 4) is 0 Å². The first-order valence-electron chi connectivity index (χ1n) is 4.42. The van der Waals surface area contributed by atoms with E-state index >= 15 is 0 Å². The summed E-state index contributed by atoms with van der Waals surface area (Å²) in [4.78, 5) is 11.4. The summed E-state index contributed by atoms with van der Waals surface area (Å²) in [7, 11) is 0. The third kappa shape index (κ3) is 8.21. The molecule has 0 aliphatic rings. The third-order valence-corrected chi connectivity index (χ3v) is 2.09. The monoisotopic (exact) mass is 292 g/mol. The first-order chi connectivity index (χ1) is 6.90. The maximum absolute atomic E-state index is 11.4. The van der Waals surface area contributed by atoms with Crippen LogP contribution in [0.1, 0.15) is 19.8 Å². The first-order valence-corrected chi connectivity index (χ1v) is 6.09. The lowest BCUT2D eigenvalue weighted by atomic mass is 10.3. The summed E-state index contributed by atoms with van der Waals surface area (Å²) in [5.41, 5.74) is 0.160. The van der Waals surface area contributed by atoms with E-state index in [2.05, 4.69) is 0 Å². The predicted molar refractivity (Wildman–Crippen MR) is 65.0 cm³/mol. The highest BCUT2D eigenvalue weighted by Crippen LogP contribution is 2.29. The molecule has 0 aromatic heterocycles. The highest BCUT2D eigenvalue weighted by molar-refractivity contribution is 6.69. The fraction of sp³-hybridized carbons (Fsp3) is 0.667. The number of hydrogen-bond acceptors (Lipinski definition) is 2. The molecule has 0 amide bonds. The highest BCUT2D eigenvalue weighted by atomic mass is 35.6. The van der Waals surface area contributed by atoms with Gasteiger partial charge in [0.15, 0.2) is 0 Å². The molecule has 0 saturated carbocycles. The van der Waals surface area contributed by atoms with Gasteiger partial charge in [0.25, 0.3) is 0 Å². The molecule has 88 valence electrons. The van der Waals surface area contributed by atoms with E-state index in [1.54, 1.807) is 0 Å². The van der Waals surface area contributed by atoms with E-state index in [9.17, 15) is 4.79 Å². The van der Waals surface area contributed by atoms with Gasteiger partial charge in [0.05, 0.1) is 18.1 Å². The molecule has 0 heterocycles. The van der Waals surface area contributed by atoms with Crippen molar-refractivity contribution < 1.29 is 9.53 Å². The van der Waals surface area contributed by atoms with Gasteiger partial charge in [0, 0.05) is 0 Å². The second-order valence-corrected chi connectivity index (χ2v) is 5.47. The van der Waals surface area contributed by atoms with Crippen LogP contribution in [-0.4, -0.2) is 22.2 Å². The minimum Gasteiger partial charge on any atom is -0.462 e. The van der Waals surface area contributed by atoms with Crippen LogP contribution in [0.25, 0.3) is 0 Å². The van der Waals surface area contributed by atoms with Gasteiger partial charge in [-0.15, -0.1) is 11.6 Å². The Morgan fingerprint density at radius 3 is 2.40 bits per heavy atom. The zero-order valence-electron chi connectivity index (χ0n) is 8.23. The Balaban J connectivity index is 4.29. The standard InChI is InChI=1S/C9H12Cl4O2/c1-2-3-4-15-8(14)7(6-10)5-9(11,12)13/h5H,2-4,6H2,1H3. The fourth-order valence-electron chi connectivity index (χ4n) is 0.752. The Morgan fingerprint density at radius 2 is 2.00 bits per heavy atom. The van der Waals surface area contributed by atoms with Crippen LogP contribution in [0.4, 0.5) is 0 Å². The van der Waals surface area contributed by atoms with E-state index in [0.29, 0.717) is 6.61 Å². The van der Waals surface area contributed by atoms with Gasteiger partial charge >= 0.3 is 5.97 Å². The molecular formula is C9H12Cl4O2. The molecule has 2 nitrogen and oxygen atoms in total. The van der Waals surface area contributed by atoms with Crippen LogP contribution in [0.5, 0.6) is 0 Å². The molecular weight excluding hydrogens is 282 g/mol. The molecule has 15 heavy (non-hydrogen) atoms. The second-order valence-electron chi connectivity index (χ2n) is 2.83. The first kappa shape index (κ1) is 15.4. The molecule has 0 aromatic rings. The van der Waals surface area contributed by atoms with Crippen LogP contribution in [0, 0.1) is 0 Å². The van der Waals surface area contributed by atoms with Crippen molar-refractivity contribution in [1.82, 2.24) is 0 Å². The molecule has 0 saturated heterocycles. The quantitative estimate of drug-likeness (QED) is 0.333. The van der Waals surface area contributed by atoms with Crippen molar-refractivity contribution in [3.05, 3.63) is 11.6 Å². The third-order valence-electron chi connectivity index (χ3n) is 1.48. The average Bonchev–Trinajstić information content (AvgIpc) is 2.13. The molecule has 0 radical (unpaired) electrons. The van der Waals surface area contributed by atoms with E-state index < -0.39 is 9.76 Å². The zero-order chi connectivity index (χ0) is 11.9. The summed E-state index contributed by atoms with van der Waals surface area (Å²) in [6.07, 6.45) is 2.91. The molecule has 0 fully saturated rings. The van der Waals surface area contributed by atoms with E-state index in [1.165, 1.54) is 6.08 Å². The number of alkyl halides is 4. The molecule has 0 aliphatic heterocycles. The second kappa shape index (κ2) is 7.61. The molecule has 0 aliphatic carbocycles. The van der Waals surface area contributed by atoms with Gasteiger partial charge in [-0.3, -0.25) is 0 Å². The Hall–Kier alpha value is 0.370. The van der Waals surface area contributed by atoms with Gasteiger partial charge in [-0.05, 0) is 12.5 Å². The number of carbonyl (C=O) groups excluding carboxylic acids is 1. The van der Waals surface area contributed by atoms with Crippen molar-refractivity contribution in [3.63, 3.8) is 0 Å². The molecule has 0 atom stereocenters. The molecule has 0 N–H and O–H groups in total. The number of ether oxygens (including phenoxy) is 1. The summed E-state index contributed by atoms with van der Waals surface area (Å²) in [5.74, 6) is -0.580. The Labute approximate surface area is 109 Å². The van der Waals surface area contributed by atoms with Crippen molar-refractivity contribution in [2.24, 2.45) is 0 Å². The van der Waals surface area contributed by atoms with Crippen LogP contribution in [0.2, 0.25) is 0 Å². The van der Waals surface area contributed by atoms with Crippen molar-refractivity contribution >= 4 is 52.4 Å². The lowest BCUT2D eigenvalue weighted by molar-refractivity contribution is -0.139. The van der Waals surface area contributed by atoms with Crippen LogP contribution in [0.3, 0.4) is 0 Å². The van der Waals surface area contributed by atoms with E-state index in [0.717, 1.165) is 12.8 Å². The highest BCUT2D eigenvalue weighted by Gasteiger charge is 2.20. The number of halogens is 4. The maximum atomic E-state index is 11.4. The number of allylic oxidation sites excluding steroid dienone is 1. The van der Waals surface area contributed by atoms with E-state index in [-0.39, 0.29) is 11.5 Å². The molecule has 0 aromatic carbocycles. The van der Waals surface area contributed by atoms with Crippen LogP contribution >= 0.6 is 46.4 Å². The van der Waals surface area contributed by atoms with Crippen LogP contribution in [-0.2, 0) is 9.53 Å². The summed E-state index contributed by atoms with van der Waals surface area (Å²) in [6.45, 7) is 2.34. The number of carbonyl (C=O) groups is 1. The zero-order valence-corrected chi connectivity index (χ0v) is 11.3. The fourth-order valence-corrected chi connectivity index (χ4v) is 1.33. The minimum absolute atomic E-state index is 0.0428. The molecule has 0 unspecified atom stereocenters. The Kier molecular flexibility index (Phi) is 7.80. The summed E-state index contributed by atoms with van der Waals surface area (Å²) >= 11 is 22.0. The summed E-state index contributed by atoms with van der Waals surface area (Å²) in [5, 5.41) is 0. The molecule has 6 heteroatoms.